The Hall–Kier alpha value is -2.31. The molecule has 31 heavy (non-hydrogen) atoms. The number of piperidine rings is 1. The monoisotopic (exact) mass is 475 g/mol. The fourth-order valence-electron chi connectivity index (χ4n) is 3.15. The van der Waals surface area contributed by atoms with Gasteiger partial charge in [-0.15, -0.1) is 0 Å². The molecular formula is C19H20F3N3O4S2. The number of sulfonamides is 1. The van der Waals surface area contributed by atoms with E-state index in [2.05, 4.69) is 10.3 Å². The molecule has 0 atom stereocenters. The minimum Gasteiger partial charge on any atom is -0.495 e. The van der Waals surface area contributed by atoms with E-state index in [4.69, 9.17) is 4.74 Å². The number of rotatable bonds is 6. The van der Waals surface area contributed by atoms with Crippen molar-refractivity contribution in [2.45, 2.75) is 34.7 Å². The molecule has 1 aromatic heterocycles. The Morgan fingerprint density at radius 3 is 2.55 bits per heavy atom. The van der Waals surface area contributed by atoms with E-state index in [0.29, 0.717) is 13.1 Å². The summed E-state index contributed by atoms with van der Waals surface area (Å²) in [5, 5.41) is 1.95. The molecule has 0 spiro atoms. The van der Waals surface area contributed by atoms with Crippen molar-refractivity contribution in [3.8, 4) is 5.75 Å². The minimum atomic E-state index is -4.61. The molecule has 1 amide bonds. The minimum absolute atomic E-state index is 0.105. The molecule has 1 aliphatic rings. The van der Waals surface area contributed by atoms with Crippen LogP contribution in [0.1, 0.15) is 29.6 Å². The molecule has 0 radical (unpaired) electrons. The number of amides is 1. The van der Waals surface area contributed by atoms with Gasteiger partial charge in [0.15, 0.2) is 0 Å². The van der Waals surface area contributed by atoms with Crippen molar-refractivity contribution >= 4 is 33.4 Å². The second-order valence-electron chi connectivity index (χ2n) is 6.69. The number of hydrogen-bond donors (Lipinski definition) is 1. The summed E-state index contributed by atoms with van der Waals surface area (Å²) in [7, 11) is -2.54. The highest BCUT2D eigenvalue weighted by Crippen LogP contribution is 2.37. The molecule has 2 aromatic rings. The van der Waals surface area contributed by atoms with Gasteiger partial charge in [0, 0.05) is 36.7 Å². The van der Waals surface area contributed by atoms with Gasteiger partial charge < -0.3 is 10.1 Å². The molecule has 0 saturated carbocycles. The quantitative estimate of drug-likeness (QED) is 0.632. The van der Waals surface area contributed by atoms with E-state index in [1.165, 1.54) is 41.7 Å². The maximum Gasteiger partial charge on any atom is 0.447 e. The lowest BCUT2D eigenvalue weighted by Gasteiger charge is -2.26. The van der Waals surface area contributed by atoms with Crippen LogP contribution in [-0.2, 0) is 10.0 Å². The summed E-state index contributed by atoms with van der Waals surface area (Å²) in [5.41, 5.74) is -4.78. The highest BCUT2D eigenvalue weighted by atomic mass is 32.2. The smallest absolute Gasteiger partial charge is 0.447 e. The lowest BCUT2D eigenvalue weighted by molar-refractivity contribution is -0.0329. The number of thioether (sulfide) groups is 1. The first-order chi connectivity index (χ1) is 14.6. The van der Waals surface area contributed by atoms with Gasteiger partial charge in [-0.25, -0.2) is 13.4 Å². The summed E-state index contributed by atoms with van der Waals surface area (Å²) in [5.74, 6) is -0.732. The average Bonchev–Trinajstić information content (AvgIpc) is 2.73. The molecule has 1 saturated heterocycles. The van der Waals surface area contributed by atoms with Gasteiger partial charge in [-0.2, -0.15) is 17.5 Å². The highest BCUT2D eigenvalue weighted by Gasteiger charge is 2.33. The fourth-order valence-corrected chi connectivity index (χ4v) is 5.46. The molecule has 0 unspecified atom stereocenters. The Kier molecular flexibility index (Phi) is 7.12. The summed E-state index contributed by atoms with van der Waals surface area (Å²) < 4.78 is 71.0. The van der Waals surface area contributed by atoms with E-state index in [1.807, 2.05) is 0 Å². The van der Waals surface area contributed by atoms with Crippen molar-refractivity contribution < 1.29 is 31.1 Å². The van der Waals surface area contributed by atoms with E-state index in [-0.39, 0.29) is 21.9 Å². The summed E-state index contributed by atoms with van der Waals surface area (Å²) in [6.45, 7) is 0.769. The zero-order chi connectivity index (χ0) is 22.6. The number of benzene rings is 1. The molecule has 1 aliphatic heterocycles. The molecule has 1 aromatic carbocycles. The van der Waals surface area contributed by atoms with E-state index in [1.54, 1.807) is 0 Å². The topological polar surface area (TPSA) is 88.6 Å². The molecule has 0 bridgehead atoms. The van der Waals surface area contributed by atoms with Crippen molar-refractivity contribution in [1.29, 1.82) is 0 Å². The molecule has 1 N–H and O–H groups in total. The first-order valence-electron chi connectivity index (χ1n) is 9.32. The van der Waals surface area contributed by atoms with Gasteiger partial charge in [0.25, 0.3) is 5.91 Å². The maximum atomic E-state index is 13.1. The largest absolute Gasteiger partial charge is 0.495 e. The lowest BCUT2D eigenvalue weighted by Crippen LogP contribution is -2.35. The first-order valence-corrected chi connectivity index (χ1v) is 11.6. The van der Waals surface area contributed by atoms with Crippen LogP contribution in [0, 0.1) is 0 Å². The van der Waals surface area contributed by atoms with Gasteiger partial charge in [0.05, 0.1) is 12.7 Å². The van der Waals surface area contributed by atoms with Crippen LogP contribution in [0.2, 0.25) is 0 Å². The number of nitrogens with one attached hydrogen (secondary N) is 1. The summed E-state index contributed by atoms with van der Waals surface area (Å²) in [6.07, 6.45) is 3.60. The summed E-state index contributed by atoms with van der Waals surface area (Å²) >= 11 is -0.496. The SMILES string of the molecule is COc1ccc(NC(=O)c2cccnc2SC(F)(F)F)cc1S(=O)(=O)N1CCCCC1. The third kappa shape index (κ3) is 5.69. The third-order valence-electron chi connectivity index (χ3n) is 4.58. The third-order valence-corrected chi connectivity index (χ3v) is 7.25. The van der Waals surface area contributed by atoms with E-state index >= 15 is 0 Å². The molecule has 2 heterocycles. The van der Waals surface area contributed by atoms with Gasteiger partial charge in [0.2, 0.25) is 10.0 Å². The Labute approximate surface area is 182 Å². The number of anilines is 1. The fraction of sp³-hybridized carbons (Fsp3) is 0.368. The van der Waals surface area contributed by atoms with Gasteiger partial charge in [-0.1, -0.05) is 6.42 Å². The van der Waals surface area contributed by atoms with Crippen LogP contribution >= 0.6 is 11.8 Å². The number of carbonyl (C=O) groups excluding carboxylic acids is 1. The molecule has 168 valence electrons. The van der Waals surface area contributed by atoms with Gasteiger partial charge in [-0.3, -0.25) is 4.79 Å². The number of carbonyl (C=O) groups is 1. The van der Waals surface area contributed by atoms with Crippen LogP contribution in [0.15, 0.2) is 46.5 Å². The average molecular weight is 476 g/mol. The highest BCUT2D eigenvalue weighted by molar-refractivity contribution is 8.00. The van der Waals surface area contributed by atoms with Crippen LogP contribution in [0.25, 0.3) is 0 Å². The number of methoxy groups -OCH3 is 1. The van der Waals surface area contributed by atoms with Crippen molar-refractivity contribution in [3.63, 3.8) is 0 Å². The van der Waals surface area contributed by atoms with Crippen LogP contribution in [0.3, 0.4) is 0 Å². The van der Waals surface area contributed by atoms with Crippen LogP contribution in [0.4, 0.5) is 18.9 Å². The number of pyridine rings is 1. The van der Waals surface area contributed by atoms with Gasteiger partial charge >= 0.3 is 5.51 Å². The zero-order valence-corrected chi connectivity index (χ0v) is 18.1. The zero-order valence-electron chi connectivity index (χ0n) is 16.5. The molecule has 12 heteroatoms. The Balaban J connectivity index is 1.90. The number of nitrogens with zero attached hydrogens (tertiary/aromatic N) is 2. The van der Waals surface area contributed by atoms with E-state index < -0.39 is 38.2 Å². The second kappa shape index (κ2) is 9.45. The molecule has 0 aliphatic carbocycles. The van der Waals surface area contributed by atoms with Crippen molar-refractivity contribution in [2.75, 3.05) is 25.5 Å². The lowest BCUT2D eigenvalue weighted by atomic mass is 10.2. The number of aromatic nitrogens is 1. The van der Waals surface area contributed by atoms with Crippen LogP contribution in [-0.4, -0.2) is 49.3 Å². The van der Waals surface area contributed by atoms with Crippen LogP contribution < -0.4 is 10.1 Å². The van der Waals surface area contributed by atoms with Crippen molar-refractivity contribution in [3.05, 3.63) is 42.1 Å². The summed E-state index contributed by atoms with van der Waals surface area (Å²) in [6, 6.07) is 6.61. The van der Waals surface area contributed by atoms with Gasteiger partial charge in [0.1, 0.15) is 15.7 Å². The number of ether oxygens (including phenoxy) is 1. The number of alkyl halides is 3. The van der Waals surface area contributed by atoms with E-state index in [9.17, 15) is 26.4 Å². The second-order valence-corrected chi connectivity index (χ2v) is 9.65. The summed E-state index contributed by atoms with van der Waals surface area (Å²) in [4.78, 5) is 16.1. The molecule has 7 nitrogen and oxygen atoms in total. The van der Waals surface area contributed by atoms with Gasteiger partial charge in [-0.05, 0) is 43.2 Å². The normalized spacial score (nSPS) is 15.5. The van der Waals surface area contributed by atoms with E-state index in [0.717, 1.165) is 25.5 Å². The Morgan fingerprint density at radius 1 is 1.19 bits per heavy atom. The number of halogens is 3. The van der Waals surface area contributed by atoms with Crippen molar-refractivity contribution in [1.82, 2.24) is 9.29 Å². The number of hydrogen-bond acceptors (Lipinski definition) is 6. The predicted molar refractivity (Wildman–Crippen MR) is 110 cm³/mol. The Morgan fingerprint density at radius 2 is 1.90 bits per heavy atom. The Bertz CT molecular complexity index is 1060. The molecular weight excluding hydrogens is 455 g/mol. The molecule has 3 rings (SSSR count). The predicted octanol–water partition coefficient (Wildman–Crippen LogP) is 4.13. The van der Waals surface area contributed by atoms with Crippen molar-refractivity contribution in [2.24, 2.45) is 0 Å². The first kappa shape index (κ1) is 23.4. The standard InChI is InChI=1S/C19H20F3N3O4S2/c1-29-15-8-7-13(12-16(15)31(27,28)25-10-3-2-4-11-25)24-17(26)14-6-5-9-23-18(14)30-19(20,21)22/h5-9,12H,2-4,10-11H2,1H3,(H,24,26). The van der Waals surface area contributed by atoms with Crippen LogP contribution in [0.5, 0.6) is 5.75 Å². The maximum absolute atomic E-state index is 13.1. The molecule has 1 fully saturated rings.